The average molecular weight is 477 g/mol. The first-order valence-electron chi connectivity index (χ1n) is 10.9. The maximum atomic E-state index is 13.2. The summed E-state index contributed by atoms with van der Waals surface area (Å²) in [5.74, 6) is 1.85. The zero-order chi connectivity index (χ0) is 21.2. The van der Waals surface area contributed by atoms with Crippen molar-refractivity contribution in [1.29, 1.82) is 0 Å². The number of nitrogens with zero attached hydrogens (tertiary/aromatic N) is 4. The fraction of sp³-hybridized carbons (Fsp3) is 0.320. The summed E-state index contributed by atoms with van der Waals surface area (Å²) in [6.07, 6.45) is 4.38. The minimum absolute atomic E-state index is 0.0590. The van der Waals surface area contributed by atoms with Crippen molar-refractivity contribution in [2.75, 3.05) is 24.5 Å². The van der Waals surface area contributed by atoms with Gasteiger partial charge < -0.3 is 9.80 Å². The van der Waals surface area contributed by atoms with Crippen molar-refractivity contribution in [1.82, 2.24) is 14.9 Å². The molecule has 2 aliphatic rings. The van der Waals surface area contributed by atoms with Crippen molar-refractivity contribution in [3.63, 3.8) is 0 Å². The Morgan fingerprint density at radius 1 is 0.903 bits per heavy atom. The van der Waals surface area contributed by atoms with Crippen LogP contribution in [0, 0.1) is 0 Å². The van der Waals surface area contributed by atoms with Crippen molar-refractivity contribution < 1.29 is 4.79 Å². The Hall–Kier alpha value is -2.73. The summed E-state index contributed by atoms with van der Waals surface area (Å²) < 4.78 is 0.917. The van der Waals surface area contributed by atoms with E-state index in [4.69, 9.17) is 9.97 Å². The number of rotatable bonds is 3. The van der Waals surface area contributed by atoms with Gasteiger partial charge in [-0.05, 0) is 37.5 Å². The van der Waals surface area contributed by atoms with E-state index in [-0.39, 0.29) is 5.91 Å². The van der Waals surface area contributed by atoms with E-state index in [1.165, 1.54) is 19.3 Å². The Bertz CT molecular complexity index is 1100. The van der Waals surface area contributed by atoms with Gasteiger partial charge in [-0.15, -0.1) is 0 Å². The lowest BCUT2D eigenvalue weighted by atomic mass is 10.0. The molecule has 1 fully saturated rings. The van der Waals surface area contributed by atoms with E-state index in [0.29, 0.717) is 18.7 Å². The third-order valence-electron chi connectivity index (χ3n) is 6.08. The van der Waals surface area contributed by atoms with Crippen LogP contribution in [-0.4, -0.2) is 40.4 Å². The Labute approximate surface area is 191 Å². The molecule has 5 nitrogen and oxygen atoms in total. The van der Waals surface area contributed by atoms with Gasteiger partial charge >= 0.3 is 0 Å². The quantitative estimate of drug-likeness (QED) is 0.527. The van der Waals surface area contributed by atoms with Crippen LogP contribution in [-0.2, 0) is 13.0 Å². The molecule has 0 spiro atoms. The van der Waals surface area contributed by atoms with Crippen molar-refractivity contribution in [3.8, 4) is 11.4 Å². The lowest BCUT2D eigenvalue weighted by Crippen LogP contribution is -2.39. The van der Waals surface area contributed by atoms with E-state index < -0.39 is 0 Å². The minimum Gasteiger partial charge on any atom is -0.356 e. The molecule has 2 aromatic carbocycles. The first kappa shape index (κ1) is 20.2. The zero-order valence-electron chi connectivity index (χ0n) is 17.4. The topological polar surface area (TPSA) is 49.3 Å². The summed E-state index contributed by atoms with van der Waals surface area (Å²) in [7, 11) is 0. The number of halogens is 1. The number of hydrogen-bond acceptors (Lipinski definition) is 4. The first-order valence-corrected chi connectivity index (χ1v) is 11.7. The molecule has 0 bridgehead atoms. The molecule has 0 saturated carbocycles. The van der Waals surface area contributed by atoms with Gasteiger partial charge in [0, 0.05) is 47.2 Å². The highest BCUT2D eigenvalue weighted by molar-refractivity contribution is 9.10. The molecule has 0 N–H and O–H groups in total. The Balaban J connectivity index is 1.52. The van der Waals surface area contributed by atoms with E-state index in [1.54, 1.807) is 0 Å². The van der Waals surface area contributed by atoms with Crippen LogP contribution in [0.3, 0.4) is 0 Å². The molecule has 1 saturated heterocycles. The maximum Gasteiger partial charge on any atom is 0.254 e. The molecule has 31 heavy (non-hydrogen) atoms. The fourth-order valence-corrected chi connectivity index (χ4v) is 4.86. The van der Waals surface area contributed by atoms with Gasteiger partial charge in [-0.1, -0.05) is 52.3 Å². The molecule has 158 valence electrons. The number of hydrogen-bond donors (Lipinski definition) is 0. The highest BCUT2D eigenvalue weighted by atomic mass is 79.9. The number of carbonyl (C=O) groups excluding carboxylic acids is 1. The Morgan fingerprint density at radius 2 is 1.71 bits per heavy atom. The molecule has 1 aromatic heterocycles. The van der Waals surface area contributed by atoms with E-state index in [1.807, 2.05) is 47.4 Å². The predicted octanol–water partition coefficient (Wildman–Crippen LogP) is 5.09. The van der Waals surface area contributed by atoms with Gasteiger partial charge in [-0.3, -0.25) is 4.79 Å². The molecule has 0 aliphatic carbocycles. The monoisotopic (exact) mass is 476 g/mol. The Morgan fingerprint density at radius 3 is 2.48 bits per heavy atom. The first-order chi connectivity index (χ1) is 15.2. The third kappa shape index (κ3) is 4.22. The van der Waals surface area contributed by atoms with Crippen LogP contribution in [0.25, 0.3) is 11.4 Å². The zero-order valence-corrected chi connectivity index (χ0v) is 19.0. The predicted molar refractivity (Wildman–Crippen MR) is 126 cm³/mol. The number of piperidine rings is 1. The smallest absolute Gasteiger partial charge is 0.254 e. The van der Waals surface area contributed by atoms with Gasteiger partial charge in [0.05, 0.1) is 12.2 Å². The lowest BCUT2D eigenvalue weighted by molar-refractivity contribution is 0.0733. The number of benzene rings is 2. The molecule has 5 rings (SSSR count). The average Bonchev–Trinajstić information content (AvgIpc) is 2.83. The summed E-state index contributed by atoms with van der Waals surface area (Å²) in [6, 6.07) is 17.8. The van der Waals surface area contributed by atoms with Gasteiger partial charge in [0.15, 0.2) is 5.82 Å². The van der Waals surface area contributed by atoms with Crippen LogP contribution in [0.15, 0.2) is 59.1 Å². The van der Waals surface area contributed by atoms with Gasteiger partial charge in [0.25, 0.3) is 5.91 Å². The van der Waals surface area contributed by atoms with Crippen LogP contribution in [0.4, 0.5) is 5.82 Å². The highest BCUT2D eigenvalue weighted by Gasteiger charge is 2.29. The molecule has 0 unspecified atom stereocenters. The lowest BCUT2D eigenvalue weighted by Gasteiger charge is -2.34. The van der Waals surface area contributed by atoms with Gasteiger partial charge in [0.2, 0.25) is 0 Å². The molecule has 1 amide bonds. The van der Waals surface area contributed by atoms with Crippen LogP contribution in [0.1, 0.15) is 40.9 Å². The number of aromatic nitrogens is 2. The highest BCUT2D eigenvalue weighted by Crippen LogP contribution is 2.32. The normalized spacial score (nSPS) is 16.2. The third-order valence-corrected chi connectivity index (χ3v) is 6.58. The summed E-state index contributed by atoms with van der Waals surface area (Å²) >= 11 is 3.48. The number of anilines is 1. The van der Waals surface area contributed by atoms with Crippen LogP contribution >= 0.6 is 15.9 Å². The summed E-state index contributed by atoms with van der Waals surface area (Å²) in [4.78, 5) is 27.5. The second kappa shape index (κ2) is 8.79. The molecule has 2 aliphatic heterocycles. The number of amides is 1. The van der Waals surface area contributed by atoms with Crippen molar-refractivity contribution in [2.24, 2.45) is 0 Å². The minimum atomic E-state index is 0.0590. The second-order valence-corrected chi connectivity index (χ2v) is 9.11. The standard InChI is InChI=1S/C25H25BrN4O/c26-20-11-7-10-19(16-20)25(31)30-15-12-22-21(17-30)24(29-13-5-2-6-14-29)28-23(27-22)18-8-3-1-4-9-18/h1,3-4,7-11,16H,2,5-6,12-15,17H2. The Kier molecular flexibility index (Phi) is 5.72. The molecular formula is C25H25BrN4O. The van der Waals surface area contributed by atoms with Crippen LogP contribution in [0.2, 0.25) is 0 Å². The molecule has 3 aromatic rings. The molecular weight excluding hydrogens is 452 g/mol. The molecule has 3 heterocycles. The van der Waals surface area contributed by atoms with Crippen LogP contribution < -0.4 is 4.90 Å². The van der Waals surface area contributed by atoms with E-state index in [2.05, 4.69) is 33.0 Å². The number of fused-ring (bicyclic) bond motifs is 1. The summed E-state index contributed by atoms with van der Waals surface area (Å²) in [5, 5.41) is 0. The SMILES string of the molecule is O=C(c1cccc(Br)c1)N1CCc2nc(-c3ccccc3)nc(N3CCCCC3)c2C1. The van der Waals surface area contributed by atoms with Crippen LogP contribution in [0.5, 0.6) is 0 Å². The fourth-order valence-electron chi connectivity index (χ4n) is 4.46. The second-order valence-electron chi connectivity index (χ2n) is 8.20. The van der Waals surface area contributed by atoms with Crippen molar-refractivity contribution in [2.45, 2.75) is 32.2 Å². The molecule has 0 atom stereocenters. The summed E-state index contributed by atoms with van der Waals surface area (Å²) in [5.41, 5.74) is 3.93. The largest absolute Gasteiger partial charge is 0.356 e. The van der Waals surface area contributed by atoms with Gasteiger partial charge in [0.1, 0.15) is 5.82 Å². The number of carbonyl (C=O) groups is 1. The summed E-state index contributed by atoms with van der Waals surface area (Å²) in [6.45, 7) is 3.25. The van der Waals surface area contributed by atoms with Crippen molar-refractivity contribution >= 4 is 27.7 Å². The maximum absolute atomic E-state index is 13.2. The van der Waals surface area contributed by atoms with E-state index in [9.17, 15) is 4.79 Å². The van der Waals surface area contributed by atoms with E-state index in [0.717, 1.165) is 52.4 Å². The van der Waals surface area contributed by atoms with Crippen molar-refractivity contribution in [3.05, 3.63) is 75.9 Å². The van der Waals surface area contributed by atoms with Gasteiger partial charge in [-0.2, -0.15) is 0 Å². The molecule has 0 radical (unpaired) electrons. The van der Waals surface area contributed by atoms with E-state index >= 15 is 0 Å². The van der Waals surface area contributed by atoms with Gasteiger partial charge in [-0.25, -0.2) is 9.97 Å². The molecule has 6 heteroatoms.